The molecule has 1 aliphatic rings. The Morgan fingerprint density at radius 1 is 1.43 bits per heavy atom. The Balaban J connectivity index is 1.46. The predicted molar refractivity (Wildman–Crippen MR) is 102 cm³/mol. The van der Waals surface area contributed by atoms with Crippen LogP contribution in [-0.4, -0.2) is 59.6 Å². The monoisotopic (exact) mass is 436 g/mol. The number of hydrogen-bond acceptors (Lipinski definition) is 11. The highest BCUT2D eigenvalue weighted by molar-refractivity contribution is 7.15. The van der Waals surface area contributed by atoms with Gasteiger partial charge in [0.25, 0.3) is 0 Å². The molecular formula is C16H16N6O7S. The fourth-order valence-electron chi connectivity index (χ4n) is 3.04. The number of nitrogens with one attached hydrogen (secondary N) is 1. The Bertz CT molecular complexity index is 1090. The molecule has 0 spiro atoms. The van der Waals surface area contributed by atoms with Crippen LogP contribution >= 0.6 is 11.3 Å². The zero-order valence-corrected chi connectivity index (χ0v) is 16.1. The van der Waals surface area contributed by atoms with Crippen molar-refractivity contribution in [2.75, 3.05) is 11.9 Å². The number of thiophene rings is 1. The molecule has 30 heavy (non-hydrogen) atoms. The summed E-state index contributed by atoms with van der Waals surface area (Å²) in [6.45, 7) is -0.362. The van der Waals surface area contributed by atoms with E-state index < -0.39 is 29.5 Å². The third-order valence-corrected chi connectivity index (χ3v) is 5.41. The summed E-state index contributed by atoms with van der Waals surface area (Å²) in [7, 11) is 0. The van der Waals surface area contributed by atoms with E-state index in [4.69, 9.17) is 9.47 Å². The second-order valence-electron chi connectivity index (χ2n) is 6.38. The normalized spacial score (nSPS) is 21.1. The van der Waals surface area contributed by atoms with Crippen LogP contribution in [0.2, 0.25) is 0 Å². The van der Waals surface area contributed by atoms with Crippen LogP contribution in [0.25, 0.3) is 11.2 Å². The Kier molecular flexibility index (Phi) is 5.54. The molecule has 13 nitrogen and oxygen atoms in total. The van der Waals surface area contributed by atoms with Gasteiger partial charge in [-0.25, -0.2) is 19.7 Å². The van der Waals surface area contributed by atoms with Gasteiger partial charge >= 0.3 is 11.1 Å². The summed E-state index contributed by atoms with van der Waals surface area (Å²) in [6.07, 6.45) is -0.0764. The maximum absolute atomic E-state index is 12.1. The lowest BCUT2D eigenvalue weighted by Gasteiger charge is -2.16. The fraction of sp³-hybridized carbons (Fsp3) is 0.375. The number of imidazole rings is 1. The molecule has 158 valence electrons. The number of aromatic nitrogens is 4. The molecule has 1 unspecified atom stereocenters. The number of ether oxygens (including phenoxy) is 2. The maximum Gasteiger partial charge on any atom is 0.413 e. The summed E-state index contributed by atoms with van der Waals surface area (Å²) in [6, 6.07) is 2.84. The summed E-state index contributed by atoms with van der Waals surface area (Å²) < 4.78 is 12.2. The highest BCUT2D eigenvalue weighted by Gasteiger charge is 2.36. The highest BCUT2D eigenvalue weighted by atomic mass is 32.1. The van der Waals surface area contributed by atoms with E-state index in [1.165, 1.54) is 29.4 Å². The number of aliphatic hydroxyl groups is 2. The zero-order valence-electron chi connectivity index (χ0n) is 15.2. The molecule has 3 atom stereocenters. The van der Waals surface area contributed by atoms with Gasteiger partial charge in [-0.1, -0.05) is 11.3 Å². The van der Waals surface area contributed by atoms with Crippen LogP contribution in [0, 0.1) is 10.1 Å². The number of anilines is 1. The molecule has 4 rings (SSSR count). The second-order valence-corrected chi connectivity index (χ2v) is 7.53. The van der Waals surface area contributed by atoms with Crippen LogP contribution in [0.1, 0.15) is 17.5 Å². The van der Waals surface area contributed by atoms with Crippen molar-refractivity contribution in [3.63, 3.8) is 0 Å². The van der Waals surface area contributed by atoms with Gasteiger partial charge in [-0.05, 0) is 6.07 Å². The molecular weight excluding hydrogens is 420 g/mol. The van der Waals surface area contributed by atoms with Gasteiger partial charge in [0.2, 0.25) is 0 Å². The first-order valence-corrected chi connectivity index (χ1v) is 9.56. The van der Waals surface area contributed by atoms with Crippen LogP contribution in [0.15, 0.2) is 24.8 Å². The molecule has 14 heteroatoms. The van der Waals surface area contributed by atoms with E-state index in [-0.39, 0.29) is 36.0 Å². The predicted octanol–water partition coefficient (Wildman–Crippen LogP) is 1.19. The van der Waals surface area contributed by atoms with Crippen molar-refractivity contribution in [1.29, 1.82) is 0 Å². The number of carbonyl (C=O) groups is 1. The van der Waals surface area contributed by atoms with Crippen molar-refractivity contribution in [3.8, 4) is 0 Å². The molecule has 0 radical (unpaired) electrons. The van der Waals surface area contributed by atoms with Gasteiger partial charge in [0.05, 0.1) is 24.0 Å². The van der Waals surface area contributed by atoms with Crippen molar-refractivity contribution >= 4 is 39.4 Å². The first-order chi connectivity index (χ1) is 14.5. The second kappa shape index (κ2) is 8.27. The van der Waals surface area contributed by atoms with Crippen LogP contribution in [0.4, 0.5) is 15.6 Å². The lowest BCUT2D eigenvalue weighted by Crippen LogP contribution is -2.19. The van der Waals surface area contributed by atoms with E-state index in [0.29, 0.717) is 10.5 Å². The van der Waals surface area contributed by atoms with Gasteiger partial charge in [-0.2, -0.15) is 0 Å². The summed E-state index contributed by atoms with van der Waals surface area (Å²) >= 11 is 0.911. The van der Waals surface area contributed by atoms with Crippen molar-refractivity contribution in [2.24, 2.45) is 0 Å². The number of nitrogens with zero attached hydrogens (tertiary/aromatic N) is 5. The lowest BCUT2D eigenvalue weighted by molar-refractivity contribution is -0.380. The molecule has 3 aromatic heterocycles. The minimum Gasteiger partial charge on any atom is -0.444 e. The first-order valence-electron chi connectivity index (χ1n) is 8.75. The summed E-state index contributed by atoms with van der Waals surface area (Å²) in [4.78, 5) is 35.1. The summed E-state index contributed by atoms with van der Waals surface area (Å²) in [5, 5.41) is 32.5. The van der Waals surface area contributed by atoms with Crippen molar-refractivity contribution < 1.29 is 29.4 Å². The number of amides is 1. The minimum atomic E-state index is -0.856. The standard InChI is InChI=1S/C16H16N6O7S/c23-4-8-3-10(24)15(29-8)21-7-19-12-13(17-6-18-14(12)21)20-16(25)28-5-9-1-2-11(30-9)22(26)27/h1-2,6-8,10,15,23-24H,3-5H2,(H,17,18,20,25)/t8-,10-,15?/m0/s1. The fourth-order valence-corrected chi connectivity index (χ4v) is 3.77. The quantitative estimate of drug-likeness (QED) is 0.376. The summed E-state index contributed by atoms with van der Waals surface area (Å²) in [5.74, 6) is 0.0899. The third kappa shape index (κ3) is 3.93. The molecule has 0 aromatic carbocycles. The molecule has 3 N–H and O–H groups in total. The van der Waals surface area contributed by atoms with E-state index in [2.05, 4.69) is 20.3 Å². The van der Waals surface area contributed by atoms with Crippen LogP contribution in [0.3, 0.4) is 0 Å². The van der Waals surface area contributed by atoms with E-state index in [1.807, 2.05) is 0 Å². The smallest absolute Gasteiger partial charge is 0.413 e. The highest BCUT2D eigenvalue weighted by Crippen LogP contribution is 2.31. The molecule has 1 saturated heterocycles. The molecule has 1 aliphatic heterocycles. The number of fused-ring (bicyclic) bond motifs is 1. The molecule has 1 amide bonds. The summed E-state index contributed by atoms with van der Waals surface area (Å²) in [5.41, 5.74) is 0.571. The Labute approximate surface area is 172 Å². The average Bonchev–Trinajstić information content (AvgIpc) is 3.44. The van der Waals surface area contributed by atoms with Gasteiger partial charge < -0.3 is 19.7 Å². The van der Waals surface area contributed by atoms with Gasteiger partial charge in [0.1, 0.15) is 19.0 Å². The number of carbonyl (C=O) groups excluding carboxylic acids is 1. The number of hydrogen-bond donors (Lipinski definition) is 3. The largest absolute Gasteiger partial charge is 0.444 e. The van der Waals surface area contributed by atoms with E-state index in [0.717, 1.165) is 11.3 Å². The van der Waals surface area contributed by atoms with Gasteiger partial charge in [0, 0.05) is 17.4 Å². The van der Waals surface area contributed by atoms with Crippen LogP contribution in [0.5, 0.6) is 0 Å². The maximum atomic E-state index is 12.1. The van der Waals surface area contributed by atoms with Crippen LogP contribution in [-0.2, 0) is 16.1 Å². The van der Waals surface area contributed by atoms with E-state index >= 15 is 0 Å². The lowest BCUT2D eigenvalue weighted by atomic mass is 10.2. The molecule has 0 aliphatic carbocycles. The van der Waals surface area contributed by atoms with E-state index in [9.17, 15) is 25.1 Å². The molecule has 3 aromatic rings. The molecule has 0 bridgehead atoms. The van der Waals surface area contributed by atoms with Crippen molar-refractivity contribution in [1.82, 2.24) is 19.5 Å². The van der Waals surface area contributed by atoms with Crippen molar-refractivity contribution in [2.45, 2.75) is 31.5 Å². The topological polar surface area (TPSA) is 175 Å². The number of rotatable bonds is 6. The van der Waals surface area contributed by atoms with Gasteiger partial charge in [-0.15, -0.1) is 0 Å². The number of aliphatic hydroxyl groups excluding tert-OH is 2. The minimum absolute atomic E-state index is 0.0446. The zero-order chi connectivity index (χ0) is 21.3. The number of nitro groups is 1. The third-order valence-electron chi connectivity index (χ3n) is 4.40. The average molecular weight is 436 g/mol. The SMILES string of the molecule is O=C(Nc1ncnc2c1ncn2C1O[C@H](CO)C[C@@H]1O)OCc1ccc([N+](=O)[O-])s1. The molecule has 4 heterocycles. The van der Waals surface area contributed by atoms with Crippen LogP contribution < -0.4 is 5.32 Å². The van der Waals surface area contributed by atoms with Crippen molar-refractivity contribution in [3.05, 3.63) is 39.8 Å². The van der Waals surface area contributed by atoms with E-state index in [1.54, 1.807) is 0 Å². The Hall–Kier alpha value is -3.20. The van der Waals surface area contributed by atoms with Gasteiger partial charge in [-0.3, -0.25) is 20.0 Å². The Morgan fingerprint density at radius 3 is 2.97 bits per heavy atom. The molecule has 0 saturated carbocycles. The van der Waals surface area contributed by atoms with Gasteiger partial charge in [0.15, 0.2) is 23.2 Å². The molecule has 1 fully saturated rings. The first kappa shape index (κ1) is 20.1. The Morgan fingerprint density at radius 2 is 2.27 bits per heavy atom.